The SMILES string of the molecule is COc1ccc(-c2nc(Cn3cnc(-c4ccccc4)c3)co2)cc1. The smallest absolute Gasteiger partial charge is 0.226 e. The van der Waals surface area contributed by atoms with Crippen molar-refractivity contribution in [1.82, 2.24) is 14.5 Å². The van der Waals surface area contributed by atoms with Gasteiger partial charge in [-0.15, -0.1) is 0 Å². The highest BCUT2D eigenvalue weighted by Crippen LogP contribution is 2.22. The van der Waals surface area contributed by atoms with E-state index < -0.39 is 0 Å². The van der Waals surface area contributed by atoms with Gasteiger partial charge < -0.3 is 13.7 Å². The normalized spacial score (nSPS) is 10.8. The number of imidazole rings is 1. The topological polar surface area (TPSA) is 53.1 Å². The molecule has 0 radical (unpaired) electrons. The molecule has 0 saturated heterocycles. The average molecular weight is 331 g/mol. The monoisotopic (exact) mass is 331 g/mol. The number of oxazole rings is 1. The highest BCUT2D eigenvalue weighted by atomic mass is 16.5. The Morgan fingerprint density at radius 1 is 1.00 bits per heavy atom. The van der Waals surface area contributed by atoms with Crippen molar-refractivity contribution in [2.45, 2.75) is 6.54 Å². The second-order valence-electron chi connectivity index (χ2n) is 5.67. The molecule has 0 bridgehead atoms. The summed E-state index contributed by atoms with van der Waals surface area (Å²) in [6.45, 7) is 0.611. The molecule has 0 fully saturated rings. The molecule has 0 saturated carbocycles. The van der Waals surface area contributed by atoms with Crippen LogP contribution in [0.4, 0.5) is 0 Å². The standard InChI is InChI=1S/C20H17N3O2/c1-24-18-9-7-16(8-10-18)20-22-17(13-25-20)11-23-12-19(21-14-23)15-5-3-2-4-6-15/h2-10,12-14H,11H2,1H3. The van der Waals surface area contributed by atoms with E-state index in [1.54, 1.807) is 13.4 Å². The Hall–Kier alpha value is -3.34. The molecule has 0 atom stereocenters. The molecule has 0 aliphatic rings. The first kappa shape index (κ1) is 15.2. The van der Waals surface area contributed by atoms with E-state index in [1.807, 2.05) is 71.7 Å². The van der Waals surface area contributed by atoms with E-state index in [0.29, 0.717) is 12.4 Å². The van der Waals surface area contributed by atoms with Crippen LogP contribution in [-0.4, -0.2) is 21.6 Å². The van der Waals surface area contributed by atoms with Crippen LogP contribution in [0.15, 0.2) is 77.8 Å². The van der Waals surface area contributed by atoms with Gasteiger partial charge >= 0.3 is 0 Å². The van der Waals surface area contributed by atoms with Gasteiger partial charge in [-0.2, -0.15) is 0 Å². The van der Waals surface area contributed by atoms with Crippen molar-refractivity contribution in [3.63, 3.8) is 0 Å². The van der Waals surface area contributed by atoms with Crippen LogP contribution in [0.3, 0.4) is 0 Å². The van der Waals surface area contributed by atoms with Gasteiger partial charge in [0, 0.05) is 17.3 Å². The number of rotatable bonds is 5. The fourth-order valence-electron chi connectivity index (χ4n) is 2.64. The fraction of sp³-hybridized carbons (Fsp3) is 0.100. The summed E-state index contributed by atoms with van der Waals surface area (Å²) in [6, 6.07) is 17.7. The molecule has 5 nitrogen and oxygen atoms in total. The predicted octanol–water partition coefficient (Wildman–Crippen LogP) is 4.26. The van der Waals surface area contributed by atoms with Crippen molar-refractivity contribution in [3.05, 3.63) is 79.1 Å². The van der Waals surface area contributed by atoms with Crippen LogP contribution in [0, 0.1) is 0 Å². The molecular formula is C20H17N3O2. The van der Waals surface area contributed by atoms with Crippen LogP contribution in [0.2, 0.25) is 0 Å². The van der Waals surface area contributed by atoms with Gasteiger partial charge in [-0.3, -0.25) is 0 Å². The fourth-order valence-corrected chi connectivity index (χ4v) is 2.64. The Morgan fingerprint density at radius 3 is 2.56 bits per heavy atom. The average Bonchev–Trinajstić information content (AvgIpc) is 3.33. The van der Waals surface area contributed by atoms with E-state index in [4.69, 9.17) is 9.15 Å². The number of hydrogen-bond acceptors (Lipinski definition) is 4. The van der Waals surface area contributed by atoms with Gasteiger partial charge in [0.15, 0.2) is 0 Å². The van der Waals surface area contributed by atoms with Gasteiger partial charge in [-0.25, -0.2) is 9.97 Å². The third kappa shape index (κ3) is 3.30. The number of hydrogen-bond donors (Lipinski definition) is 0. The Bertz CT molecular complexity index is 956. The van der Waals surface area contributed by atoms with Gasteiger partial charge in [-0.05, 0) is 24.3 Å². The lowest BCUT2D eigenvalue weighted by molar-refractivity contribution is 0.415. The molecule has 2 heterocycles. The van der Waals surface area contributed by atoms with Gasteiger partial charge in [0.1, 0.15) is 12.0 Å². The molecular weight excluding hydrogens is 314 g/mol. The lowest BCUT2D eigenvalue weighted by atomic mass is 10.2. The second-order valence-corrected chi connectivity index (χ2v) is 5.67. The summed E-state index contributed by atoms with van der Waals surface area (Å²) < 4.78 is 12.8. The molecule has 0 aliphatic carbocycles. The van der Waals surface area contributed by atoms with Crippen LogP contribution in [0.5, 0.6) is 5.75 Å². The van der Waals surface area contributed by atoms with Crippen LogP contribution in [0.25, 0.3) is 22.7 Å². The lowest BCUT2D eigenvalue weighted by Crippen LogP contribution is -1.96. The Balaban J connectivity index is 1.50. The molecule has 2 aromatic heterocycles. The van der Waals surface area contributed by atoms with Gasteiger partial charge in [0.2, 0.25) is 5.89 Å². The van der Waals surface area contributed by atoms with E-state index in [1.165, 1.54) is 0 Å². The quantitative estimate of drug-likeness (QED) is 0.548. The lowest BCUT2D eigenvalue weighted by Gasteiger charge is -1.99. The molecule has 2 aromatic carbocycles. The van der Waals surface area contributed by atoms with Gasteiger partial charge in [-0.1, -0.05) is 30.3 Å². The zero-order chi connectivity index (χ0) is 17.1. The number of aromatic nitrogens is 3. The minimum absolute atomic E-state index is 0.598. The number of ether oxygens (including phenoxy) is 1. The first-order valence-corrected chi connectivity index (χ1v) is 7.98. The van der Waals surface area contributed by atoms with E-state index in [2.05, 4.69) is 9.97 Å². The van der Waals surface area contributed by atoms with Crippen LogP contribution < -0.4 is 4.74 Å². The minimum atomic E-state index is 0.598. The third-order valence-corrected chi connectivity index (χ3v) is 3.94. The zero-order valence-electron chi connectivity index (χ0n) is 13.8. The number of nitrogens with zero attached hydrogens (tertiary/aromatic N) is 3. The molecule has 5 heteroatoms. The summed E-state index contributed by atoms with van der Waals surface area (Å²) in [6.07, 6.45) is 5.50. The summed E-state index contributed by atoms with van der Waals surface area (Å²) in [7, 11) is 1.65. The molecule has 4 rings (SSSR count). The van der Waals surface area contributed by atoms with Crippen molar-refractivity contribution in [3.8, 4) is 28.5 Å². The highest BCUT2D eigenvalue weighted by Gasteiger charge is 2.08. The molecule has 0 unspecified atom stereocenters. The van der Waals surface area contributed by atoms with Crippen LogP contribution >= 0.6 is 0 Å². The molecule has 0 amide bonds. The van der Waals surface area contributed by atoms with Crippen LogP contribution in [-0.2, 0) is 6.54 Å². The van der Waals surface area contributed by atoms with E-state index in [9.17, 15) is 0 Å². The van der Waals surface area contributed by atoms with Crippen molar-refractivity contribution in [2.75, 3.05) is 7.11 Å². The molecule has 0 spiro atoms. The van der Waals surface area contributed by atoms with Crippen molar-refractivity contribution >= 4 is 0 Å². The summed E-state index contributed by atoms with van der Waals surface area (Å²) in [5, 5.41) is 0. The molecule has 0 N–H and O–H groups in total. The van der Waals surface area contributed by atoms with Crippen molar-refractivity contribution < 1.29 is 9.15 Å². The number of benzene rings is 2. The summed E-state index contributed by atoms with van der Waals surface area (Å²) in [5.41, 5.74) is 3.81. The number of methoxy groups -OCH3 is 1. The minimum Gasteiger partial charge on any atom is -0.497 e. The Kier molecular flexibility index (Phi) is 4.04. The summed E-state index contributed by atoms with van der Waals surface area (Å²) >= 11 is 0. The van der Waals surface area contributed by atoms with Gasteiger partial charge in [0.25, 0.3) is 0 Å². The largest absolute Gasteiger partial charge is 0.497 e. The second kappa shape index (κ2) is 6.65. The van der Waals surface area contributed by atoms with Crippen molar-refractivity contribution in [1.29, 1.82) is 0 Å². The summed E-state index contributed by atoms with van der Waals surface area (Å²) in [4.78, 5) is 9.01. The van der Waals surface area contributed by atoms with E-state index in [0.717, 1.165) is 28.3 Å². The third-order valence-electron chi connectivity index (χ3n) is 3.94. The molecule has 124 valence electrons. The molecule has 4 aromatic rings. The maximum absolute atomic E-state index is 5.60. The van der Waals surface area contributed by atoms with E-state index >= 15 is 0 Å². The highest BCUT2D eigenvalue weighted by molar-refractivity contribution is 5.58. The first-order valence-electron chi connectivity index (χ1n) is 7.98. The summed E-state index contributed by atoms with van der Waals surface area (Å²) in [5.74, 6) is 1.41. The van der Waals surface area contributed by atoms with Gasteiger partial charge in [0.05, 0.1) is 31.4 Å². The Morgan fingerprint density at radius 2 is 1.80 bits per heavy atom. The Labute approximate surface area is 145 Å². The first-order chi connectivity index (χ1) is 12.3. The van der Waals surface area contributed by atoms with Crippen molar-refractivity contribution in [2.24, 2.45) is 0 Å². The predicted molar refractivity (Wildman–Crippen MR) is 95.3 cm³/mol. The zero-order valence-corrected chi connectivity index (χ0v) is 13.8. The molecule has 25 heavy (non-hydrogen) atoms. The maximum Gasteiger partial charge on any atom is 0.226 e. The van der Waals surface area contributed by atoms with E-state index in [-0.39, 0.29) is 0 Å². The maximum atomic E-state index is 5.60. The van der Waals surface area contributed by atoms with Crippen LogP contribution in [0.1, 0.15) is 5.69 Å². The molecule has 0 aliphatic heterocycles.